The minimum absolute atomic E-state index is 0.199. The van der Waals surface area contributed by atoms with E-state index in [9.17, 15) is 4.79 Å². The van der Waals surface area contributed by atoms with E-state index in [1.54, 1.807) is 14.2 Å². The fourth-order valence-corrected chi connectivity index (χ4v) is 5.41. The number of H-pyrrole nitrogens is 1. The van der Waals surface area contributed by atoms with Gasteiger partial charge in [0.25, 0.3) is 0 Å². The Morgan fingerprint density at radius 2 is 1.91 bits per heavy atom. The molecular weight excluding hydrogens is 412 g/mol. The summed E-state index contributed by atoms with van der Waals surface area (Å²) in [5.41, 5.74) is 4.61. The molecule has 0 radical (unpaired) electrons. The normalized spacial score (nSPS) is 17.0. The van der Waals surface area contributed by atoms with Crippen molar-refractivity contribution in [3.8, 4) is 11.5 Å². The maximum Gasteiger partial charge on any atom is 0.223 e. The van der Waals surface area contributed by atoms with Gasteiger partial charge in [-0.05, 0) is 54.0 Å². The molecule has 1 aromatic heterocycles. The van der Waals surface area contributed by atoms with E-state index in [0.717, 1.165) is 46.5 Å². The molecule has 0 saturated carbocycles. The number of fused-ring (bicyclic) bond motifs is 3. The lowest BCUT2D eigenvalue weighted by Crippen LogP contribution is -2.41. The number of hydrogen-bond acceptors (Lipinski definition) is 3. The molecule has 176 valence electrons. The number of carbonyl (C=O) groups is 1. The Hall–Kier alpha value is -2.95. The number of rotatable bonds is 6. The van der Waals surface area contributed by atoms with Crippen LogP contribution in [0.5, 0.6) is 11.5 Å². The number of benzene rings is 2. The molecule has 0 saturated heterocycles. The van der Waals surface area contributed by atoms with E-state index in [2.05, 4.69) is 50.9 Å². The van der Waals surface area contributed by atoms with Crippen molar-refractivity contribution in [2.24, 2.45) is 11.3 Å². The summed E-state index contributed by atoms with van der Waals surface area (Å²) in [6.07, 6.45) is 2.38. The molecule has 0 fully saturated rings. The van der Waals surface area contributed by atoms with Crippen LogP contribution in [0.4, 0.5) is 0 Å². The minimum Gasteiger partial charge on any atom is -0.497 e. The number of aromatic nitrogens is 1. The predicted molar refractivity (Wildman–Crippen MR) is 133 cm³/mol. The Kier molecular flexibility index (Phi) is 6.42. The van der Waals surface area contributed by atoms with Gasteiger partial charge in [-0.15, -0.1) is 0 Å². The van der Waals surface area contributed by atoms with Crippen LogP contribution in [0, 0.1) is 11.3 Å². The molecule has 3 aromatic rings. The highest BCUT2D eigenvalue weighted by molar-refractivity contribution is 5.88. The third kappa shape index (κ3) is 4.73. The molecule has 0 bridgehead atoms. The second kappa shape index (κ2) is 9.12. The van der Waals surface area contributed by atoms with E-state index >= 15 is 0 Å². The first-order valence-corrected chi connectivity index (χ1v) is 11.8. The van der Waals surface area contributed by atoms with Crippen LogP contribution in [0.15, 0.2) is 42.5 Å². The fourth-order valence-electron chi connectivity index (χ4n) is 5.41. The lowest BCUT2D eigenvalue weighted by molar-refractivity contribution is -0.134. The number of ether oxygens (including phenoxy) is 2. The minimum atomic E-state index is -0.211. The number of nitrogens with one attached hydrogen (secondary N) is 1. The zero-order valence-electron chi connectivity index (χ0n) is 20.7. The molecule has 0 spiro atoms. The van der Waals surface area contributed by atoms with E-state index < -0.39 is 0 Å². The highest BCUT2D eigenvalue weighted by atomic mass is 16.5. The Balaban J connectivity index is 1.78. The summed E-state index contributed by atoms with van der Waals surface area (Å²) in [4.78, 5) is 19.3. The van der Waals surface area contributed by atoms with E-state index in [0.29, 0.717) is 18.9 Å². The van der Waals surface area contributed by atoms with Crippen LogP contribution >= 0.6 is 0 Å². The van der Waals surface area contributed by atoms with Crippen molar-refractivity contribution in [3.05, 3.63) is 59.3 Å². The van der Waals surface area contributed by atoms with Crippen LogP contribution in [-0.4, -0.2) is 36.6 Å². The SMILES string of the molecule is COc1ccc2[nH]c3c(c2c1)CCN(C(=O)C[C@H](C)CC(C)(C)C)[C@H]3c1ccccc1OC. The van der Waals surface area contributed by atoms with Gasteiger partial charge in [-0.1, -0.05) is 45.9 Å². The number of aromatic amines is 1. The van der Waals surface area contributed by atoms with Crippen LogP contribution in [0.2, 0.25) is 0 Å². The van der Waals surface area contributed by atoms with Crippen molar-refractivity contribution in [3.63, 3.8) is 0 Å². The average molecular weight is 449 g/mol. The van der Waals surface area contributed by atoms with E-state index in [1.807, 2.05) is 29.2 Å². The van der Waals surface area contributed by atoms with Gasteiger partial charge in [0.2, 0.25) is 5.91 Å². The van der Waals surface area contributed by atoms with Gasteiger partial charge in [-0.2, -0.15) is 0 Å². The molecular formula is C28H36N2O3. The van der Waals surface area contributed by atoms with Crippen molar-refractivity contribution in [2.75, 3.05) is 20.8 Å². The van der Waals surface area contributed by atoms with Crippen molar-refractivity contribution in [2.45, 2.75) is 53.0 Å². The van der Waals surface area contributed by atoms with Crippen molar-refractivity contribution in [1.29, 1.82) is 0 Å². The van der Waals surface area contributed by atoms with Crippen LogP contribution in [0.1, 0.15) is 63.4 Å². The summed E-state index contributed by atoms with van der Waals surface area (Å²) in [5.74, 6) is 2.16. The summed E-state index contributed by atoms with van der Waals surface area (Å²) in [7, 11) is 3.38. The number of hydrogen-bond donors (Lipinski definition) is 1. The number of para-hydroxylation sites is 1. The number of amides is 1. The van der Waals surface area contributed by atoms with E-state index in [1.165, 1.54) is 5.56 Å². The Morgan fingerprint density at radius 3 is 2.61 bits per heavy atom. The second-order valence-electron chi connectivity index (χ2n) is 10.5. The maximum absolute atomic E-state index is 13.7. The summed E-state index contributed by atoms with van der Waals surface area (Å²) in [5, 5.41) is 1.16. The van der Waals surface area contributed by atoms with Gasteiger partial charge in [0.1, 0.15) is 17.5 Å². The molecule has 2 atom stereocenters. The lowest BCUT2D eigenvalue weighted by atomic mass is 9.83. The first-order valence-electron chi connectivity index (χ1n) is 11.8. The molecule has 1 amide bonds. The quantitative estimate of drug-likeness (QED) is 0.494. The van der Waals surface area contributed by atoms with Gasteiger partial charge in [0, 0.05) is 35.1 Å². The van der Waals surface area contributed by atoms with E-state index in [4.69, 9.17) is 9.47 Å². The second-order valence-corrected chi connectivity index (χ2v) is 10.5. The average Bonchev–Trinajstić information content (AvgIpc) is 3.14. The van der Waals surface area contributed by atoms with Crippen LogP contribution < -0.4 is 9.47 Å². The molecule has 2 heterocycles. The Bertz CT molecular complexity index is 1140. The van der Waals surface area contributed by atoms with Gasteiger partial charge in [0.05, 0.1) is 14.2 Å². The van der Waals surface area contributed by atoms with Gasteiger partial charge in [-0.3, -0.25) is 4.79 Å². The molecule has 5 heteroatoms. The highest BCUT2D eigenvalue weighted by Crippen LogP contribution is 2.42. The molecule has 0 aliphatic carbocycles. The number of nitrogens with zero attached hydrogens (tertiary/aromatic N) is 1. The first-order chi connectivity index (χ1) is 15.7. The Morgan fingerprint density at radius 1 is 1.15 bits per heavy atom. The van der Waals surface area contributed by atoms with Crippen molar-refractivity contribution in [1.82, 2.24) is 9.88 Å². The van der Waals surface area contributed by atoms with Crippen LogP contribution in [0.3, 0.4) is 0 Å². The predicted octanol–water partition coefficient (Wildman–Crippen LogP) is 6.12. The van der Waals surface area contributed by atoms with Gasteiger partial charge in [-0.25, -0.2) is 0 Å². The summed E-state index contributed by atoms with van der Waals surface area (Å²) < 4.78 is 11.2. The summed E-state index contributed by atoms with van der Waals surface area (Å²) in [6, 6.07) is 13.9. The monoisotopic (exact) mass is 448 g/mol. The number of methoxy groups -OCH3 is 2. The molecule has 1 aliphatic heterocycles. The molecule has 1 N–H and O–H groups in total. The molecule has 2 aromatic carbocycles. The Labute approximate surface area is 197 Å². The molecule has 1 aliphatic rings. The van der Waals surface area contributed by atoms with Crippen molar-refractivity contribution >= 4 is 16.8 Å². The van der Waals surface area contributed by atoms with Gasteiger partial charge < -0.3 is 19.4 Å². The third-order valence-corrected chi connectivity index (χ3v) is 6.57. The molecule has 5 nitrogen and oxygen atoms in total. The van der Waals surface area contributed by atoms with Crippen molar-refractivity contribution < 1.29 is 14.3 Å². The van der Waals surface area contributed by atoms with Crippen LogP contribution in [-0.2, 0) is 11.2 Å². The summed E-state index contributed by atoms with van der Waals surface area (Å²) in [6.45, 7) is 9.57. The smallest absolute Gasteiger partial charge is 0.223 e. The standard InChI is InChI=1S/C28H36N2O3/c1-18(17-28(2,3)4)15-25(31)30-14-13-20-22-16-19(32-5)11-12-23(22)29-26(20)27(30)21-9-7-8-10-24(21)33-6/h7-12,16,18,27,29H,13-15,17H2,1-6H3/t18-,27-/m0/s1. The first kappa shape index (κ1) is 23.2. The number of carbonyl (C=O) groups excluding carboxylic acids is 1. The largest absolute Gasteiger partial charge is 0.497 e. The topological polar surface area (TPSA) is 54.6 Å². The molecule has 33 heavy (non-hydrogen) atoms. The zero-order valence-corrected chi connectivity index (χ0v) is 20.7. The van der Waals surface area contributed by atoms with Gasteiger partial charge in [0.15, 0.2) is 0 Å². The lowest BCUT2D eigenvalue weighted by Gasteiger charge is -2.37. The maximum atomic E-state index is 13.7. The third-order valence-electron chi connectivity index (χ3n) is 6.57. The molecule has 4 rings (SSSR count). The molecule has 0 unspecified atom stereocenters. The van der Waals surface area contributed by atoms with E-state index in [-0.39, 0.29) is 17.4 Å². The van der Waals surface area contributed by atoms with Crippen LogP contribution in [0.25, 0.3) is 10.9 Å². The zero-order chi connectivity index (χ0) is 23.8. The summed E-state index contributed by atoms with van der Waals surface area (Å²) >= 11 is 0. The fraction of sp³-hybridized carbons (Fsp3) is 0.464. The van der Waals surface area contributed by atoms with Gasteiger partial charge >= 0.3 is 0 Å². The highest BCUT2D eigenvalue weighted by Gasteiger charge is 2.36.